The van der Waals surface area contributed by atoms with Gasteiger partial charge in [-0.1, -0.05) is 6.92 Å². The largest absolute Gasteiger partial charge is 0.338 e. The number of pyridine rings is 1. The summed E-state index contributed by atoms with van der Waals surface area (Å²) in [5, 5.41) is 3.62. The number of imidazole rings is 1. The Balaban J connectivity index is 2.24. The number of hydrogen-bond donors (Lipinski definition) is 1. The summed E-state index contributed by atoms with van der Waals surface area (Å²) in [6.45, 7) is 7.30. The lowest BCUT2D eigenvalue weighted by Crippen LogP contribution is -2.25. The second-order valence-corrected chi connectivity index (χ2v) is 5.35. The van der Waals surface area contributed by atoms with Crippen LogP contribution in [0.4, 0.5) is 0 Å². The molecule has 1 atom stereocenters. The second-order valence-electron chi connectivity index (χ2n) is 5.35. The molecule has 2 aromatic rings. The summed E-state index contributed by atoms with van der Waals surface area (Å²) in [6, 6.07) is 4.63. The number of nitrogens with zero attached hydrogens (tertiary/aromatic N) is 3. The lowest BCUT2D eigenvalue weighted by atomic mass is 10.0. The zero-order valence-electron chi connectivity index (χ0n) is 12.8. The molecule has 0 radical (unpaired) electrons. The number of aryl methyl sites for hydroxylation is 3. The van der Waals surface area contributed by atoms with Crippen molar-refractivity contribution < 1.29 is 0 Å². The van der Waals surface area contributed by atoms with E-state index in [2.05, 4.69) is 38.9 Å². The van der Waals surface area contributed by atoms with E-state index < -0.39 is 0 Å². The molecule has 0 spiro atoms. The summed E-state index contributed by atoms with van der Waals surface area (Å²) < 4.78 is 2.08. The average molecular weight is 272 g/mol. The molecule has 1 N–H and O–H groups in total. The Bertz CT molecular complexity index is 539. The molecular weight excluding hydrogens is 248 g/mol. The molecular formula is C16H24N4. The van der Waals surface area contributed by atoms with Gasteiger partial charge in [0.25, 0.3) is 0 Å². The number of nitrogens with one attached hydrogen (secondary N) is 1. The zero-order valence-corrected chi connectivity index (χ0v) is 12.8. The highest BCUT2D eigenvalue weighted by molar-refractivity contribution is 5.24. The maximum Gasteiger partial charge on any atom is 0.110 e. The summed E-state index contributed by atoms with van der Waals surface area (Å²) in [4.78, 5) is 8.90. The average Bonchev–Trinajstić information content (AvgIpc) is 2.78. The van der Waals surface area contributed by atoms with Crippen molar-refractivity contribution in [2.24, 2.45) is 7.05 Å². The first-order valence-electron chi connectivity index (χ1n) is 7.25. The monoisotopic (exact) mass is 272 g/mol. The lowest BCUT2D eigenvalue weighted by Gasteiger charge is -2.19. The molecule has 2 heterocycles. The normalized spacial score (nSPS) is 12.6. The lowest BCUT2D eigenvalue weighted by molar-refractivity contribution is 0.511. The quantitative estimate of drug-likeness (QED) is 0.879. The van der Waals surface area contributed by atoms with Crippen molar-refractivity contribution in [3.8, 4) is 0 Å². The summed E-state index contributed by atoms with van der Waals surface area (Å²) in [5.41, 5.74) is 3.44. The van der Waals surface area contributed by atoms with Gasteiger partial charge in [-0.15, -0.1) is 0 Å². The predicted molar refractivity (Wildman–Crippen MR) is 81.7 cm³/mol. The van der Waals surface area contributed by atoms with E-state index >= 15 is 0 Å². The molecule has 0 aromatic carbocycles. The highest BCUT2D eigenvalue weighted by Crippen LogP contribution is 2.19. The van der Waals surface area contributed by atoms with Crippen LogP contribution in [-0.4, -0.2) is 21.1 Å². The number of aromatic nitrogens is 3. The van der Waals surface area contributed by atoms with Crippen molar-refractivity contribution in [3.63, 3.8) is 0 Å². The van der Waals surface area contributed by atoms with Crippen molar-refractivity contribution in [2.75, 3.05) is 6.54 Å². The molecule has 2 aromatic heterocycles. The molecule has 108 valence electrons. The summed E-state index contributed by atoms with van der Waals surface area (Å²) in [7, 11) is 2.04. The molecule has 2 rings (SSSR count). The maximum absolute atomic E-state index is 4.46. The van der Waals surface area contributed by atoms with E-state index in [1.165, 1.54) is 5.56 Å². The van der Waals surface area contributed by atoms with Gasteiger partial charge in [0.1, 0.15) is 5.82 Å². The van der Waals surface area contributed by atoms with Crippen LogP contribution in [0.25, 0.3) is 0 Å². The zero-order chi connectivity index (χ0) is 14.5. The Morgan fingerprint density at radius 1 is 1.25 bits per heavy atom. The Morgan fingerprint density at radius 2 is 1.95 bits per heavy atom. The van der Waals surface area contributed by atoms with E-state index in [-0.39, 0.29) is 6.04 Å². The van der Waals surface area contributed by atoms with Crippen LogP contribution in [0, 0.1) is 13.8 Å². The first kappa shape index (κ1) is 14.7. The molecule has 0 aliphatic carbocycles. The Morgan fingerprint density at radius 3 is 2.50 bits per heavy atom. The Kier molecular flexibility index (Phi) is 4.90. The molecule has 0 aliphatic rings. The summed E-state index contributed by atoms with van der Waals surface area (Å²) in [5.74, 6) is 1.10. The fourth-order valence-corrected chi connectivity index (χ4v) is 2.47. The van der Waals surface area contributed by atoms with Crippen LogP contribution < -0.4 is 5.32 Å². The van der Waals surface area contributed by atoms with Crippen molar-refractivity contribution in [1.82, 2.24) is 19.9 Å². The minimum absolute atomic E-state index is 0.288. The van der Waals surface area contributed by atoms with E-state index in [1.807, 2.05) is 33.3 Å². The van der Waals surface area contributed by atoms with E-state index in [0.717, 1.165) is 36.6 Å². The van der Waals surface area contributed by atoms with Crippen LogP contribution in [0.3, 0.4) is 0 Å². The van der Waals surface area contributed by atoms with E-state index in [0.29, 0.717) is 0 Å². The fraction of sp³-hybridized carbons (Fsp3) is 0.500. The smallest absolute Gasteiger partial charge is 0.110 e. The first-order chi connectivity index (χ1) is 9.60. The van der Waals surface area contributed by atoms with Crippen molar-refractivity contribution in [1.29, 1.82) is 0 Å². The molecule has 0 bridgehead atoms. The minimum Gasteiger partial charge on any atom is -0.338 e. The summed E-state index contributed by atoms with van der Waals surface area (Å²) in [6.07, 6.45) is 5.87. The third-order valence-electron chi connectivity index (χ3n) is 3.45. The first-order valence-corrected chi connectivity index (χ1v) is 7.25. The highest BCUT2D eigenvalue weighted by Gasteiger charge is 2.15. The predicted octanol–water partition coefficient (Wildman–Crippen LogP) is 2.72. The number of rotatable bonds is 6. The molecule has 0 aliphatic heterocycles. The molecule has 4 nitrogen and oxygen atoms in total. The van der Waals surface area contributed by atoms with Crippen LogP contribution in [0.5, 0.6) is 0 Å². The van der Waals surface area contributed by atoms with Crippen LogP contribution in [0.15, 0.2) is 24.5 Å². The summed E-state index contributed by atoms with van der Waals surface area (Å²) >= 11 is 0. The van der Waals surface area contributed by atoms with Crippen LogP contribution in [0.1, 0.15) is 42.2 Å². The SMILES string of the molecule is CCCNC(Cc1nccn1C)c1cc(C)nc(C)c1. The highest BCUT2D eigenvalue weighted by atomic mass is 15.0. The van der Waals surface area contributed by atoms with Gasteiger partial charge in [0.05, 0.1) is 0 Å². The van der Waals surface area contributed by atoms with Gasteiger partial charge in [0, 0.05) is 43.3 Å². The van der Waals surface area contributed by atoms with E-state index in [1.54, 1.807) is 0 Å². The maximum atomic E-state index is 4.46. The molecule has 1 unspecified atom stereocenters. The van der Waals surface area contributed by atoms with Crippen molar-refractivity contribution in [3.05, 3.63) is 47.3 Å². The standard InChI is InChI=1S/C16H24N4/c1-5-6-17-15(11-16-18-7-8-20(16)4)14-9-12(2)19-13(3)10-14/h7-10,15,17H,5-6,11H2,1-4H3. The molecule has 0 amide bonds. The van der Waals surface area contributed by atoms with Gasteiger partial charge in [-0.3, -0.25) is 4.98 Å². The van der Waals surface area contributed by atoms with Gasteiger partial charge in [-0.05, 0) is 44.5 Å². The Hall–Kier alpha value is -1.68. The van der Waals surface area contributed by atoms with Gasteiger partial charge in [0.2, 0.25) is 0 Å². The van der Waals surface area contributed by atoms with Gasteiger partial charge in [0.15, 0.2) is 0 Å². The van der Waals surface area contributed by atoms with Gasteiger partial charge < -0.3 is 9.88 Å². The second kappa shape index (κ2) is 6.66. The molecule has 0 saturated carbocycles. The topological polar surface area (TPSA) is 42.7 Å². The van der Waals surface area contributed by atoms with Gasteiger partial charge in [-0.2, -0.15) is 0 Å². The molecule has 20 heavy (non-hydrogen) atoms. The van der Waals surface area contributed by atoms with Crippen molar-refractivity contribution in [2.45, 2.75) is 39.7 Å². The van der Waals surface area contributed by atoms with Crippen LogP contribution in [-0.2, 0) is 13.5 Å². The Labute approximate surface area is 121 Å². The minimum atomic E-state index is 0.288. The molecule has 0 fully saturated rings. The third kappa shape index (κ3) is 3.67. The van der Waals surface area contributed by atoms with E-state index in [4.69, 9.17) is 0 Å². The van der Waals surface area contributed by atoms with Gasteiger partial charge in [-0.25, -0.2) is 4.98 Å². The number of hydrogen-bond acceptors (Lipinski definition) is 3. The van der Waals surface area contributed by atoms with E-state index in [9.17, 15) is 0 Å². The van der Waals surface area contributed by atoms with Crippen LogP contribution >= 0.6 is 0 Å². The fourth-order valence-electron chi connectivity index (χ4n) is 2.47. The molecule has 4 heteroatoms. The molecule has 0 saturated heterocycles. The third-order valence-corrected chi connectivity index (χ3v) is 3.45. The van der Waals surface area contributed by atoms with Crippen LogP contribution in [0.2, 0.25) is 0 Å². The van der Waals surface area contributed by atoms with Gasteiger partial charge >= 0.3 is 0 Å². The van der Waals surface area contributed by atoms with Crippen molar-refractivity contribution >= 4 is 0 Å².